The van der Waals surface area contributed by atoms with E-state index in [4.69, 9.17) is 0 Å². The molecule has 0 N–H and O–H groups in total. The van der Waals surface area contributed by atoms with Gasteiger partial charge in [-0.15, -0.1) is 0 Å². The summed E-state index contributed by atoms with van der Waals surface area (Å²) in [6.07, 6.45) is 1.28. The molecule has 0 aliphatic carbocycles. The average molecular weight is 270 g/mol. The summed E-state index contributed by atoms with van der Waals surface area (Å²) in [5.41, 5.74) is -0.0114. The molecule has 0 radical (unpaired) electrons. The van der Waals surface area contributed by atoms with E-state index < -0.39 is 28.3 Å². The SMILES string of the molecule is COCC(=O)CN1C(=O)c2cccnc2S1(=O)=O. The molecule has 0 fully saturated rings. The predicted octanol–water partition coefficient (Wildman–Crippen LogP) is -0.558. The Labute approximate surface area is 103 Å². The third-order valence-corrected chi connectivity index (χ3v) is 4.08. The maximum Gasteiger partial charge on any atom is 0.285 e. The zero-order valence-electron chi connectivity index (χ0n) is 9.49. The summed E-state index contributed by atoms with van der Waals surface area (Å²) < 4.78 is 29.1. The molecule has 0 bridgehead atoms. The number of hydrogen-bond donors (Lipinski definition) is 0. The lowest BCUT2D eigenvalue weighted by Gasteiger charge is -2.12. The van der Waals surface area contributed by atoms with Gasteiger partial charge in [0.25, 0.3) is 15.9 Å². The van der Waals surface area contributed by atoms with E-state index in [1.165, 1.54) is 25.4 Å². The second-order valence-corrected chi connectivity index (χ2v) is 5.42. The van der Waals surface area contributed by atoms with Crippen molar-refractivity contribution < 1.29 is 22.7 Å². The van der Waals surface area contributed by atoms with Crippen molar-refractivity contribution in [2.75, 3.05) is 20.3 Å². The van der Waals surface area contributed by atoms with Crippen LogP contribution in [0.1, 0.15) is 10.4 Å². The van der Waals surface area contributed by atoms with Crippen LogP contribution in [0, 0.1) is 0 Å². The maximum atomic E-state index is 12.0. The zero-order valence-corrected chi connectivity index (χ0v) is 10.3. The highest BCUT2D eigenvalue weighted by Crippen LogP contribution is 2.27. The minimum Gasteiger partial charge on any atom is -0.377 e. The minimum atomic E-state index is -4.01. The molecule has 1 aromatic rings. The van der Waals surface area contributed by atoms with Crippen LogP contribution in [0.4, 0.5) is 0 Å². The van der Waals surface area contributed by atoms with Gasteiger partial charge >= 0.3 is 0 Å². The predicted molar refractivity (Wildman–Crippen MR) is 59.3 cm³/mol. The van der Waals surface area contributed by atoms with Crippen molar-refractivity contribution in [1.29, 1.82) is 0 Å². The van der Waals surface area contributed by atoms with Crippen LogP contribution in [0.2, 0.25) is 0 Å². The number of ketones is 1. The molecule has 2 rings (SSSR count). The standard InChI is InChI=1S/C10H10N2O5S/c1-17-6-7(13)5-12-10(14)8-3-2-4-11-9(8)18(12,15)16/h2-4H,5-6H2,1H3. The maximum absolute atomic E-state index is 12.0. The zero-order chi connectivity index (χ0) is 13.3. The highest BCUT2D eigenvalue weighted by molar-refractivity contribution is 7.90. The number of rotatable bonds is 4. The topological polar surface area (TPSA) is 93.6 Å². The third-order valence-electron chi connectivity index (χ3n) is 2.39. The Morgan fingerprint density at radius 3 is 2.83 bits per heavy atom. The highest BCUT2D eigenvalue weighted by atomic mass is 32.2. The normalized spacial score (nSPS) is 16.7. The molecule has 0 saturated heterocycles. The molecule has 0 saturated carbocycles. The molecule has 1 aliphatic heterocycles. The fraction of sp³-hybridized carbons (Fsp3) is 0.300. The van der Waals surface area contributed by atoms with Crippen molar-refractivity contribution in [2.24, 2.45) is 0 Å². The number of hydrogen-bond acceptors (Lipinski definition) is 6. The van der Waals surface area contributed by atoms with Gasteiger partial charge in [0, 0.05) is 13.3 Å². The van der Waals surface area contributed by atoms with Crippen LogP contribution in [-0.4, -0.2) is 49.7 Å². The van der Waals surface area contributed by atoms with Gasteiger partial charge in [-0.1, -0.05) is 0 Å². The molecular weight excluding hydrogens is 260 g/mol. The Kier molecular flexibility index (Phi) is 3.14. The third kappa shape index (κ3) is 1.89. The Balaban J connectivity index is 2.37. The van der Waals surface area contributed by atoms with Crippen LogP contribution < -0.4 is 0 Å². The van der Waals surface area contributed by atoms with Crippen molar-refractivity contribution in [3.63, 3.8) is 0 Å². The van der Waals surface area contributed by atoms with E-state index in [9.17, 15) is 18.0 Å². The summed E-state index contributed by atoms with van der Waals surface area (Å²) >= 11 is 0. The van der Waals surface area contributed by atoms with E-state index >= 15 is 0 Å². The first-order valence-corrected chi connectivity index (χ1v) is 6.45. The molecule has 0 aromatic carbocycles. The lowest BCUT2D eigenvalue weighted by atomic mass is 10.2. The molecule has 1 amide bonds. The van der Waals surface area contributed by atoms with E-state index in [0.717, 1.165) is 0 Å². The van der Waals surface area contributed by atoms with E-state index in [1.54, 1.807) is 0 Å². The molecule has 8 heteroatoms. The van der Waals surface area contributed by atoms with Crippen LogP contribution in [-0.2, 0) is 19.6 Å². The lowest BCUT2D eigenvalue weighted by Crippen LogP contribution is -2.36. The minimum absolute atomic E-state index is 0.0114. The van der Waals surface area contributed by atoms with Crippen molar-refractivity contribution in [3.05, 3.63) is 23.9 Å². The quantitative estimate of drug-likeness (QED) is 0.728. The Hall–Kier alpha value is -1.80. The first-order chi connectivity index (χ1) is 8.48. The van der Waals surface area contributed by atoms with E-state index in [1.807, 2.05) is 0 Å². The van der Waals surface area contributed by atoms with Gasteiger partial charge in [-0.25, -0.2) is 9.29 Å². The molecule has 0 unspecified atom stereocenters. The number of ether oxygens (including phenoxy) is 1. The second-order valence-electron chi connectivity index (χ2n) is 3.64. The van der Waals surface area contributed by atoms with Crippen molar-refractivity contribution >= 4 is 21.7 Å². The first kappa shape index (κ1) is 12.7. The number of nitrogens with zero attached hydrogens (tertiary/aromatic N) is 2. The number of carbonyl (C=O) groups is 2. The van der Waals surface area contributed by atoms with Gasteiger partial charge in [0.15, 0.2) is 10.8 Å². The molecule has 7 nitrogen and oxygen atoms in total. The number of aromatic nitrogens is 1. The summed E-state index contributed by atoms with van der Waals surface area (Å²) in [6.45, 7) is -0.783. The van der Waals surface area contributed by atoms with Gasteiger partial charge < -0.3 is 4.74 Å². The summed E-state index contributed by atoms with van der Waals surface area (Å²) in [5.74, 6) is -1.23. The Morgan fingerprint density at radius 2 is 2.22 bits per heavy atom. The second kappa shape index (κ2) is 4.46. The Morgan fingerprint density at radius 1 is 1.50 bits per heavy atom. The van der Waals surface area contributed by atoms with Crippen molar-refractivity contribution in [3.8, 4) is 0 Å². The summed E-state index contributed by atoms with van der Waals surface area (Å²) in [5, 5.41) is -0.305. The van der Waals surface area contributed by atoms with E-state index in [0.29, 0.717) is 4.31 Å². The van der Waals surface area contributed by atoms with Crippen LogP contribution in [0.15, 0.2) is 23.4 Å². The molecule has 0 spiro atoms. The number of fused-ring (bicyclic) bond motifs is 1. The van der Waals surface area contributed by atoms with Crippen molar-refractivity contribution in [1.82, 2.24) is 9.29 Å². The summed E-state index contributed by atoms with van der Waals surface area (Å²) in [7, 11) is -2.70. The lowest BCUT2D eigenvalue weighted by molar-refractivity contribution is -0.122. The first-order valence-electron chi connectivity index (χ1n) is 5.01. The summed E-state index contributed by atoms with van der Waals surface area (Å²) in [6, 6.07) is 2.83. The van der Waals surface area contributed by atoms with Crippen LogP contribution in [0.5, 0.6) is 0 Å². The molecule has 1 aliphatic rings. The van der Waals surface area contributed by atoms with Gasteiger partial charge in [-0.05, 0) is 12.1 Å². The number of amides is 1. The van der Waals surface area contributed by atoms with Crippen LogP contribution in [0.3, 0.4) is 0 Å². The Bertz CT molecular complexity index is 610. The van der Waals surface area contributed by atoms with Gasteiger partial charge in [-0.2, -0.15) is 8.42 Å². The number of methoxy groups -OCH3 is 1. The van der Waals surface area contributed by atoms with Crippen LogP contribution >= 0.6 is 0 Å². The monoisotopic (exact) mass is 270 g/mol. The van der Waals surface area contributed by atoms with Gasteiger partial charge in [0.2, 0.25) is 0 Å². The molecule has 2 heterocycles. The molecular formula is C10H10N2O5S. The largest absolute Gasteiger partial charge is 0.377 e. The van der Waals surface area contributed by atoms with Gasteiger partial charge in [0.1, 0.15) is 6.61 Å². The van der Waals surface area contributed by atoms with Gasteiger partial charge in [-0.3, -0.25) is 9.59 Å². The molecule has 0 atom stereocenters. The average Bonchev–Trinajstić information content (AvgIpc) is 2.52. The number of carbonyl (C=O) groups excluding carboxylic acids is 2. The van der Waals surface area contributed by atoms with Gasteiger partial charge in [0.05, 0.1) is 12.1 Å². The van der Waals surface area contributed by atoms with E-state index in [2.05, 4.69) is 9.72 Å². The van der Waals surface area contributed by atoms with Crippen LogP contribution in [0.25, 0.3) is 0 Å². The number of sulfonamides is 1. The molecule has 1 aromatic heterocycles. The smallest absolute Gasteiger partial charge is 0.285 e. The molecule has 96 valence electrons. The number of Topliss-reactive ketones (excluding diaryl/α,β-unsaturated/α-hetero) is 1. The van der Waals surface area contributed by atoms with Crippen molar-refractivity contribution in [2.45, 2.75) is 5.03 Å². The molecule has 18 heavy (non-hydrogen) atoms. The number of pyridine rings is 1. The summed E-state index contributed by atoms with van der Waals surface area (Å²) in [4.78, 5) is 26.9. The fourth-order valence-corrected chi connectivity index (χ4v) is 3.10. The highest BCUT2D eigenvalue weighted by Gasteiger charge is 2.43. The fourth-order valence-electron chi connectivity index (χ4n) is 1.63. The van der Waals surface area contributed by atoms with E-state index in [-0.39, 0.29) is 17.2 Å².